The van der Waals surface area contributed by atoms with Gasteiger partial charge in [-0.1, -0.05) is 34.8 Å². The molecule has 1 heterocycles. The summed E-state index contributed by atoms with van der Waals surface area (Å²) >= 11 is 17.8. The minimum Gasteiger partial charge on any atom is -0.471 e. The van der Waals surface area contributed by atoms with Crippen molar-refractivity contribution in [3.05, 3.63) is 75.0 Å². The molecule has 0 radical (unpaired) electrons. The maximum atomic E-state index is 12.3. The standard InChI is InChI=1S/C18H14Cl3N3O2/c1-11-8-13(3-5-14(11)19)26-10-24-7-6-17(23-24)18(25)22-12-2-4-15(20)16(21)9-12/h2-9H,10H2,1H3,(H,22,25). The van der Waals surface area contributed by atoms with Crippen LogP contribution in [-0.2, 0) is 6.73 Å². The lowest BCUT2D eigenvalue weighted by molar-refractivity contribution is 0.102. The van der Waals surface area contributed by atoms with E-state index in [9.17, 15) is 4.79 Å². The Kier molecular flexibility index (Phi) is 5.71. The van der Waals surface area contributed by atoms with E-state index in [-0.39, 0.29) is 18.3 Å². The Balaban J connectivity index is 1.62. The summed E-state index contributed by atoms with van der Waals surface area (Å²) in [6, 6.07) is 11.8. The third-order valence-corrected chi connectivity index (χ3v) is 4.71. The van der Waals surface area contributed by atoms with E-state index in [1.807, 2.05) is 13.0 Å². The molecule has 26 heavy (non-hydrogen) atoms. The van der Waals surface area contributed by atoms with E-state index >= 15 is 0 Å². The first-order valence-electron chi connectivity index (χ1n) is 7.61. The van der Waals surface area contributed by atoms with Gasteiger partial charge in [-0.15, -0.1) is 0 Å². The second-order valence-corrected chi connectivity index (χ2v) is 6.73. The average Bonchev–Trinajstić information content (AvgIpc) is 3.08. The van der Waals surface area contributed by atoms with E-state index in [1.165, 1.54) is 4.68 Å². The second-order valence-electron chi connectivity index (χ2n) is 5.51. The Morgan fingerprint density at radius 2 is 1.85 bits per heavy atom. The lowest BCUT2D eigenvalue weighted by Crippen LogP contribution is -2.14. The number of carbonyl (C=O) groups excluding carboxylic acids is 1. The van der Waals surface area contributed by atoms with E-state index in [0.29, 0.717) is 26.5 Å². The Labute approximate surface area is 165 Å². The zero-order chi connectivity index (χ0) is 18.7. The van der Waals surface area contributed by atoms with Gasteiger partial charge in [0, 0.05) is 16.9 Å². The summed E-state index contributed by atoms with van der Waals surface area (Å²) in [7, 11) is 0. The number of carbonyl (C=O) groups is 1. The molecular formula is C18H14Cl3N3O2. The van der Waals surface area contributed by atoms with Gasteiger partial charge >= 0.3 is 0 Å². The molecule has 8 heteroatoms. The SMILES string of the molecule is Cc1cc(OCn2ccc(C(=O)Nc3ccc(Cl)c(Cl)c3)n2)ccc1Cl. The summed E-state index contributed by atoms with van der Waals surface area (Å²) in [6.07, 6.45) is 1.66. The zero-order valence-electron chi connectivity index (χ0n) is 13.7. The number of hydrogen-bond donors (Lipinski definition) is 1. The number of rotatable bonds is 5. The first kappa shape index (κ1) is 18.6. The minimum atomic E-state index is -0.357. The molecule has 0 saturated heterocycles. The van der Waals surface area contributed by atoms with Gasteiger partial charge in [0.15, 0.2) is 12.4 Å². The predicted molar refractivity (Wildman–Crippen MR) is 103 cm³/mol. The molecule has 2 aromatic carbocycles. The molecular weight excluding hydrogens is 397 g/mol. The molecule has 0 aliphatic heterocycles. The minimum absolute atomic E-state index is 0.168. The summed E-state index contributed by atoms with van der Waals surface area (Å²) in [4.78, 5) is 12.3. The molecule has 3 aromatic rings. The van der Waals surface area contributed by atoms with Crippen LogP contribution in [0.4, 0.5) is 5.69 Å². The first-order valence-corrected chi connectivity index (χ1v) is 8.74. The van der Waals surface area contributed by atoms with Gasteiger partial charge in [0.2, 0.25) is 0 Å². The van der Waals surface area contributed by atoms with Crippen molar-refractivity contribution in [1.29, 1.82) is 0 Å². The number of amides is 1. The van der Waals surface area contributed by atoms with Crippen molar-refractivity contribution in [3.8, 4) is 5.75 Å². The van der Waals surface area contributed by atoms with Crippen LogP contribution < -0.4 is 10.1 Å². The molecule has 1 aromatic heterocycles. The Hall–Kier alpha value is -2.21. The van der Waals surface area contributed by atoms with Crippen LogP contribution in [-0.4, -0.2) is 15.7 Å². The molecule has 0 spiro atoms. The highest BCUT2D eigenvalue weighted by Gasteiger charge is 2.11. The fraction of sp³-hybridized carbons (Fsp3) is 0.111. The summed E-state index contributed by atoms with van der Waals surface area (Å²) < 4.78 is 7.17. The molecule has 0 atom stereocenters. The number of halogens is 3. The van der Waals surface area contributed by atoms with Crippen molar-refractivity contribution >= 4 is 46.4 Å². The Bertz CT molecular complexity index is 957. The van der Waals surface area contributed by atoms with Gasteiger partial charge in [0.1, 0.15) is 5.75 Å². The van der Waals surface area contributed by atoms with Crippen LogP contribution in [0.1, 0.15) is 16.1 Å². The van der Waals surface area contributed by atoms with Gasteiger partial charge in [0.05, 0.1) is 10.0 Å². The number of nitrogens with zero attached hydrogens (tertiary/aromatic N) is 2. The number of aromatic nitrogens is 2. The van der Waals surface area contributed by atoms with Gasteiger partial charge in [-0.05, 0) is 55.0 Å². The van der Waals surface area contributed by atoms with E-state index in [0.717, 1.165) is 5.56 Å². The van der Waals surface area contributed by atoms with Crippen LogP contribution in [0.5, 0.6) is 5.75 Å². The summed E-state index contributed by atoms with van der Waals surface area (Å²) in [5.41, 5.74) is 1.71. The molecule has 1 amide bonds. The Morgan fingerprint density at radius 1 is 1.08 bits per heavy atom. The van der Waals surface area contributed by atoms with Crippen LogP contribution in [0.3, 0.4) is 0 Å². The molecule has 0 fully saturated rings. The monoisotopic (exact) mass is 409 g/mol. The van der Waals surface area contributed by atoms with Crippen LogP contribution >= 0.6 is 34.8 Å². The maximum Gasteiger partial charge on any atom is 0.276 e. The molecule has 1 N–H and O–H groups in total. The first-order chi connectivity index (χ1) is 12.4. The van der Waals surface area contributed by atoms with Crippen LogP contribution in [0.2, 0.25) is 15.1 Å². The number of benzene rings is 2. The van der Waals surface area contributed by atoms with Gasteiger partial charge in [-0.3, -0.25) is 4.79 Å². The predicted octanol–water partition coefficient (Wildman–Crippen LogP) is 5.44. The second kappa shape index (κ2) is 7.99. The van der Waals surface area contributed by atoms with Gasteiger partial charge < -0.3 is 10.1 Å². The number of nitrogens with one attached hydrogen (secondary N) is 1. The van der Waals surface area contributed by atoms with Crippen molar-refractivity contribution < 1.29 is 9.53 Å². The van der Waals surface area contributed by atoms with Gasteiger partial charge in [-0.2, -0.15) is 5.10 Å². The van der Waals surface area contributed by atoms with Crippen molar-refractivity contribution in [3.63, 3.8) is 0 Å². The van der Waals surface area contributed by atoms with Crippen LogP contribution in [0.25, 0.3) is 0 Å². The summed E-state index contributed by atoms with van der Waals surface area (Å²) in [5, 5.41) is 8.37. The van der Waals surface area contributed by atoms with E-state index < -0.39 is 0 Å². The highest BCUT2D eigenvalue weighted by atomic mass is 35.5. The third-order valence-electron chi connectivity index (χ3n) is 3.54. The highest BCUT2D eigenvalue weighted by Crippen LogP contribution is 2.25. The summed E-state index contributed by atoms with van der Waals surface area (Å²) in [6.45, 7) is 2.07. The lowest BCUT2D eigenvalue weighted by Gasteiger charge is -2.08. The molecule has 134 valence electrons. The fourth-order valence-electron chi connectivity index (χ4n) is 2.17. The zero-order valence-corrected chi connectivity index (χ0v) is 15.9. The molecule has 0 aliphatic rings. The van der Waals surface area contributed by atoms with Crippen LogP contribution in [0, 0.1) is 6.92 Å². The molecule has 5 nitrogen and oxygen atoms in total. The van der Waals surface area contributed by atoms with Crippen molar-refractivity contribution in [2.75, 3.05) is 5.32 Å². The number of ether oxygens (including phenoxy) is 1. The van der Waals surface area contributed by atoms with Gasteiger partial charge in [0.25, 0.3) is 5.91 Å². The number of anilines is 1. The summed E-state index contributed by atoms with van der Waals surface area (Å²) in [5.74, 6) is 0.314. The van der Waals surface area contributed by atoms with Crippen molar-refractivity contribution in [2.24, 2.45) is 0 Å². The fourth-order valence-corrected chi connectivity index (χ4v) is 2.59. The highest BCUT2D eigenvalue weighted by molar-refractivity contribution is 6.42. The lowest BCUT2D eigenvalue weighted by atomic mass is 10.2. The molecule has 0 bridgehead atoms. The maximum absolute atomic E-state index is 12.3. The Morgan fingerprint density at radius 3 is 2.58 bits per heavy atom. The van der Waals surface area contributed by atoms with Gasteiger partial charge in [-0.25, -0.2) is 4.68 Å². The van der Waals surface area contributed by atoms with E-state index in [4.69, 9.17) is 39.5 Å². The normalized spacial score (nSPS) is 10.6. The quantitative estimate of drug-likeness (QED) is 0.609. The largest absolute Gasteiger partial charge is 0.471 e. The number of aryl methyl sites for hydroxylation is 1. The number of hydrogen-bond acceptors (Lipinski definition) is 3. The van der Waals surface area contributed by atoms with E-state index in [2.05, 4.69) is 10.4 Å². The average molecular weight is 411 g/mol. The molecule has 0 unspecified atom stereocenters. The van der Waals surface area contributed by atoms with Crippen molar-refractivity contribution in [2.45, 2.75) is 13.7 Å². The molecule has 0 saturated carbocycles. The molecule has 3 rings (SSSR count). The smallest absolute Gasteiger partial charge is 0.276 e. The van der Waals surface area contributed by atoms with E-state index in [1.54, 1.807) is 42.6 Å². The molecule has 0 aliphatic carbocycles. The topological polar surface area (TPSA) is 56.1 Å². The van der Waals surface area contributed by atoms with Crippen LogP contribution in [0.15, 0.2) is 48.7 Å². The van der Waals surface area contributed by atoms with Crippen molar-refractivity contribution in [1.82, 2.24) is 9.78 Å². The third kappa shape index (κ3) is 4.49.